The molecule has 0 saturated carbocycles. The molecule has 1 aliphatic rings. The molecular weight excluding hydrogens is 779 g/mol. The predicted octanol–water partition coefficient (Wildman–Crippen LogP) is 6.04. The van der Waals surface area contributed by atoms with Gasteiger partial charge in [-0.2, -0.15) is 27.4 Å². The van der Waals surface area contributed by atoms with Crippen LogP contribution < -0.4 is 15.2 Å². The van der Waals surface area contributed by atoms with Crippen LogP contribution >= 0.6 is 0 Å². The van der Waals surface area contributed by atoms with Crippen molar-refractivity contribution in [3.63, 3.8) is 0 Å². The van der Waals surface area contributed by atoms with Gasteiger partial charge in [-0.05, 0) is 74.4 Å². The maximum atomic E-state index is 15.6. The van der Waals surface area contributed by atoms with Crippen LogP contribution in [-0.2, 0) is 40.9 Å². The summed E-state index contributed by atoms with van der Waals surface area (Å²) in [5, 5.41) is 26.7. The molecule has 3 heterocycles. The normalized spacial score (nSPS) is 17.0. The van der Waals surface area contributed by atoms with Crippen LogP contribution in [0.15, 0.2) is 42.5 Å². The number of anilines is 1. The molecule has 2 aromatic carbocycles. The van der Waals surface area contributed by atoms with Crippen LogP contribution in [0.25, 0.3) is 22.0 Å². The Bertz CT molecular complexity index is 2570. The smallest absolute Gasteiger partial charge is 0.297 e. The Morgan fingerprint density at radius 3 is 2.32 bits per heavy atom. The van der Waals surface area contributed by atoms with Crippen LogP contribution in [0.5, 0.6) is 0 Å². The second-order valence-corrected chi connectivity index (χ2v) is 15.9. The summed E-state index contributed by atoms with van der Waals surface area (Å²) in [6.07, 6.45) is -3.55. The molecule has 12 nitrogen and oxygen atoms in total. The summed E-state index contributed by atoms with van der Waals surface area (Å²) in [7, 11) is -2.74. The van der Waals surface area contributed by atoms with Crippen molar-refractivity contribution < 1.29 is 44.7 Å². The highest BCUT2D eigenvalue weighted by molar-refractivity contribution is 7.90. The maximum Gasteiger partial charge on any atom is 0.297 e. The molecule has 19 heteroatoms. The van der Waals surface area contributed by atoms with E-state index in [0.29, 0.717) is 32.8 Å². The summed E-state index contributed by atoms with van der Waals surface area (Å²) in [6.45, 7) is 6.24. The maximum absolute atomic E-state index is 15.6. The van der Waals surface area contributed by atoms with Crippen molar-refractivity contribution in [2.75, 3.05) is 4.72 Å². The van der Waals surface area contributed by atoms with Gasteiger partial charge in [-0.3, -0.25) is 18.9 Å². The number of nitrogens with zero attached hydrogens (tertiary/aromatic N) is 5. The Hall–Kier alpha value is -5.45. The van der Waals surface area contributed by atoms with Gasteiger partial charge in [0, 0.05) is 41.1 Å². The van der Waals surface area contributed by atoms with E-state index < -0.39 is 81.5 Å². The Morgan fingerprint density at radius 2 is 1.70 bits per heavy atom. The standard InChI is InChI=1S/C38H38F6N8O4S/c1-18-7-9-26(33-29(18)36(49-51(33)6)50-57(45,55)56)25-10-8-24(11-12-37(4,5)54)46-31(25)27(15-21-13-22(39)16-23(40)14-21)47-28(53)17-52-34-30(32(48-52)35(41)42)19(2)20(3)38(34,43)44/h7-10,13-14,16,19-20,27,35,54H,15,17H2,1-6H3,(H,47,53)(H,49,50)(H2,45,55,56)/t19-,20+,27-/m0/s1. The van der Waals surface area contributed by atoms with Crippen LogP contribution in [0.3, 0.4) is 0 Å². The van der Waals surface area contributed by atoms with E-state index in [1.807, 2.05) is 0 Å². The summed E-state index contributed by atoms with van der Waals surface area (Å²) in [4.78, 5) is 18.7. The number of carbonyl (C=O) groups excluding carboxylic acids is 1. The highest BCUT2D eigenvalue weighted by Crippen LogP contribution is 2.54. The summed E-state index contributed by atoms with van der Waals surface area (Å²) in [5.74, 6) is -3.51. The molecule has 5 aromatic rings. The SMILES string of the molecule is Cc1ccc(-c2ccc(C#CC(C)(C)O)nc2[C@H](Cc2cc(F)cc(F)c2)NC(=O)Cn2nc(C(F)F)c3c2C(F)(F)[C@H](C)[C@@H]3C)c2c1c(NS(N)(=O)=O)nn2C. The third-order valence-electron chi connectivity index (χ3n) is 9.79. The van der Waals surface area contributed by atoms with Gasteiger partial charge in [0.15, 0.2) is 5.82 Å². The first-order chi connectivity index (χ1) is 26.4. The molecule has 3 aromatic heterocycles. The zero-order valence-electron chi connectivity index (χ0n) is 31.4. The number of rotatable bonds is 10. The second-order valence-electron chi connectivity index (χ2n) is 14.6. The molecular formula is C38H38F6N8O4S. The summed E-state index contributed by atoms with van der Waals surface area (Å²) in [6, 6.07) is 7.79. The minimum Gasteiger partial charge on any atom is -0.378 e. The highest BCUT2D eigenvalue weighted by atomic mass is 32.2. The van der Waals surface area contributed by atoms with Crippen molar-refractivity contribution >= 4 is 32.8 Å². The molecule has 1 amide bonds. The van der Waals surface area contributed by atoms with Crippen LogP contribution in [0.1, 0.15) is 85.5 Å². The van der Waals surface area contributed by atoms with Crippen LogP contribution in [-0.4, -0.2) is 49.6 Å². The van der Waals surface area contributed by atoms with Crippen molar-refractivity contribution in [2.45, 2.75) is 77.5 Å². The van der Waals surface area contributed by atoms with E-state index in [2.05, 4.69) is 32.1 Å². The molecule has 5 N–H and O–H groups in total. The number of pyridine rings is 1. The molecule has 302 valence electrons. The molecule has 0 saturated heterocycles. The number of alkyl halides is 4. The molecule has 1 aliphatic carbocycles. The molecule has 0 radical (unpaired) electrons. The Kier molecular flexibility index (Phi) is 10.7. The van der Waals surface area contributed by atoms with E-state index in [0.717, 1.165) is 12.1 Å². The average molecular weight is 817 g/mol. The summed E-state index contributed by atoms with van der Waals surface area (Å²) >= 11 is 0. The number of aromatic nitrogens is 5. The fraction of sp³-hybridized carbons (Fsp3) is 0.368. The van der Waals surface area contributed by atoms with E-state index in [4.69, 9.17) is 10.1 Å². The second kappa shape index (κ2) is 14.8. The van der Waals surface area contributed by atoms with E-state index in [-0.39, 0.29) is 40.3 Å². The van der Waals surface area contributed by atoms with Crippen LogP contribution in [0, 0.1) is 36.3 Å². The average Bonchev–Trinajstić information content (AvgIpc) is 3.68. The van der Waals surface area contributed by atoms with Gasteiger partial charge < -0.3 is 10.4 Å². The van der Waals surface area contributed by atoms with E-state index >= 15 is 8.78 Å². The lowest BCUT2D eigenvalue weighted by atomic mass is 9.93. The topological polar surface area (TPSA) is 170 Å². The number of aliphatic hydroxyl groups is 1. The molecule has 0 unspecified atom stereocenters. The molecule has 6 rings (SSSR count). The quantitative estimate of drug-likeness (QED) is 0.0985. The number of nitrogens with two attached hydrogens (primary N) is 1. The fourth-order valence-corrected chi connectivity index (χ4v) is 7.57. The molecule has 0 fully saturated rings. The van der Waals surface area contributed by atoms with Gasteiger partial charge in [-0.25, -0.2) is 27.7 Å². The molecule has 57 heavy (non-hydrogen) atoms. The minimum absolute atomic E-state index is 0.0365. The Morgan fingerprint density at radius 1 is 1.05 bits per heavy atom. The molecule has 3 atom stereocenters. The lowest BCUT2D eigenvalue weighted by molar-refractivity contribution is -0.123. The first-order valence-electron chi connectivity index (χ1n) is 17.5. The van der Waals surface area contributed by atoms with Crippen LogP contribution in [0.2, 0.25) is 0 Å². The number of amides is 1. The summed E-state index contributed by atoms with van der Waals surface area (Å²) < 4.78 is 117. The van der Waals surface area contributed by atoms with Crippen molar-refractivity contribution in [3.8, 4) is 23.0 Å². The Labute approximate surface area is 323 Å². The number of fused-ring (bicyclic) bond motifs is 2. The van der Waals surface area contributed by atoms with Gasteiger partial charge in [0.25, 0.3) is 22.6 Å². The largest absolute Gasteiger partial charge is 0.378 e. The van der Waals surface area contributed by atoms with Gasteiger partial charge in [0.2, 0.25) is 5.91 Å². The minimum atomic E-state index is -4.28. The highest BCUT2D eigenvalue weighted by Gasteiger charge is 2.55. The zero-order valence-corrected chi connectivity index (χ0v) is 32.2. The van der Waals surface area contributed by atoms with E-state index in [1.54, 1.807) is 32.2 Å². The predicted molar refractivity (Wildman–Crippen MR) is 198 cm³/mol. The van der Waals surface area contributed by atoms with Crippen molar-refractivity contribution in [2.24, 2.45) is 18.1 Å². The lowest BCUT2D eigenvalue weighted by Gasteiger charge is -2.23. The monoisotopic (exact) mass is 816 g/mol. The number of aryl methyl sites for hydroxylation is 2. The van der Waals surface area contributed by atoms with E-state index in [1.165, 1.54) is 38.4 Å². The third kappa shape index (κ3) is 8.34. The Balaban J connectivity index is 1.54. The molecule has 0 spiro atoms. The van der Waals surface area contributed by atoms with Gasteiger partial charge in [0.05, 0.1) is 17.3 Å². The summed E-state index contributed by atoms with van der Waals surface area (Å²) in [5.41, 5.74) is -1.66. The van der Waals surface area contributed by atoms with Crippen molar-refractivity contribution in [1.29, 1.82) is 0 Å². The van der Waals surface area contributed by atoms with Crippen molar-refractivity contribution in [1.82, 2.24) is 29.9 Å². The third-order valence-corrected chi connectivity index (χ3v) is 10.3. The number of nitrogens with one attached hydrogen (secondary N) is 2. The number of hydrogen-bond acceptors (Lipinski definition) is 7. The van der Waals surface area contributed by atoms with Gasteiger partial charge >= 0.3 is 0 Å². The zero-order chi connectivity index (χ0) is 41.9. The van der Waals surface area contributed by atoms with Gasteiger partial charge in [-0.1, -0.05) is 31.9 Å². The van der Waals surface area contributed by atoms with Gasteiger partial charge in [0.1, 0.15) is 40.9 Å². The van der Waals surface area contributed by atoms with Crippen LogP contribution in [0.4, 0.5) is 32.2 Å². The van der Waals surface area contributed by atoms with E-state index in [9.17, 15) is 35.9 Å². The number of benzene rings is 2. The fourth-order valence-electron chi connectivity index (χ4n) is 7.16. The number of carbonyl (C=O) groups is 1. The molecule has 0 aliphatic heterocycles. The first-order valence-corrected chi connectivity index (χ1v) is 19.0. The first kappa shape index (κ1) is 41.2. The number of halogens is 6. The molecule has 0 bridgehead atoms. The lowest BCUT2D eigenvalue weighted by Crippen LogP contribution is -2.35. The number of hydrogen-bond donors (Lipinski definition) is 4. The van der Waals surface area contributed by atoms with Gasteiger partial charge in [-0.15, -0.1) is 0 Å². The van der Waals surface area contributed by atoms with Crippen molar-refractivity contribution in [3.05, 3.63) is 93.6 Å².